The Labute approximate surface area is 113 Å². The van der Waals surface area contributed by atoms with Crippen LogP contribution in [0.1, 0.15) is 12.5 Å². The molecule has 0 aliphatic heterocycles. The van der Waals surface area contributed by atoms with Gasteiger partial charge in [-0.15, -0.1) is 0 Å². The maximum Gasteiger partial charge on any atom is 0.0775 e. The normalized spacial score (nSPS) is 13.9. The van der Waals surface area contributed by atoms with Gasteiger partial charge in [0.05, 0.1) is 14.7 Å². The van der Waals surface area contributed by atoms with Crippen molar-refractivity contribution in [3.63, 3.8) is 0 Å². The van der Waals surface area contributed by atoms with Crippen LogP contribution in [0.25, 0.3) is 0 Å². The highest BCUT2D eigenvalue weighted by atomic mass is 28.3. The van der Waals surface area contributed by atoms with Crippen molar-refractivity contribution in [1.82, 2.24) is 4.90 Å². The van der Waals surface area contributed by atoms with Crippen LogP contribution in [0.2, 0.25) is 19.6 Å². The van der Waals surface area contributed by atoms with Crippen LogP contribution in [0.15, 0.2) is 24.3 Å². The molecule has 0 aliphatic carbocycles. The summed E-state index contributed by atoms with van der Waals surface area (Å²) < 4.78 is 5.19. The summed E-state index contributed by atoms with van der Waals surface area (Å²) in [6.45, 7) is 11.1. The van der Waals surface area contributed by atoms with Gasteiger partial charge in [0.25, 0.3) is 0 Å². The molecular formula is C15H27NOSi. The van der Waals surface area contributed by atoms with Crippen LogP contribution in [0.4, 0.5) is 0 Å². The smallest absolute Gasteiger partial charge is 0.0775 e. The Hall–Kier alpha value is -0.643. The first-order valence-electron chi connectivity index (χ1n) is 6.63. The molecule has 0 aromatic heterocycles. The van der Waals surface area contributed by atoms with E-state index in [1.54, 1.807) is 7.11 Å². The van der Waals surface area contributed by atoms with Crippen LogP contribution < -0.4 is 5.19 Å². The zero-order chi connectivity index (χ0) is 13.8. The Morgan fingerprint density at radius 2 is 1.72 bits per heavy atom. The van der Waals surface area contributed by atoms with Crippen LogP contribution in [-0.2, 0) is 11.3 Å². The molecule has 18 heavy (non-hydrogen) atoms. The minimum Gasteiger partial charge on any atom is -0.383 e. The fraction of sp³-hybridized carbons (Fsp3) is 0.600. The van der Waals surface area contributed by atoms with Gasteiger partial charge in [-0.3, -0.25) is 4.90 Å². The summed E-state index contributed by atoms with van der Waals surface area (Å²) in [5.74, 6) is 0. The Kier molecular flexibility index (Phi) is 5.57. The third-order valence-corrected chi connectivity index (χ3v) is 5.48. The quantitative estimate of drug-likeness (QED) is 0.733. The second kappa shape index (κ2) is 6.50. The highest BCUT2D eigenvalue weighted by molar-refractivity contribution is 6.88. The average molecular weight is 265 g/mol. The van der Waals surface area contributed by atoms with Crippen molar-refractivity contribution in [2.75, 3.05) is 20.8 Å². The number of nitrogens with zero attached hydrogens (tertiary/aromatic N) is 1. The third-order valence-electron chi connectivity index (χ3n) is 3.41. The van der Waals surface area contributed by atoms with Gasteiger partial charge < -0.3 is 4.74 Å². The number of benzene rings is 1. The van der Waals surface area contributed by atoms with E-state index >= 15 is 0 Å². The topological polar surface area (TPSA) is 12.5 Å². The van der Waals surface area contributed by atoms with E-state index in [0.29, 0.717) is 6.04 Å². The molecule has 1 atom stereocenters. The SMILES string of the molecule is COCC(C)N(C)Cc1ccc([Si](C)(C)C)cc1. The van der Waals surface area contributed by atoms with E-state index in [1.165, 1.54) is 10.8 Å². The summed E-state index contributed by atoms with van der Waals surface area (Å²) in [5, 5.41) is 1.53. The largest absolute Gasteiger partial charge is 0.383 e. The Balaban J connectivity index is 2.64. The Morgan fingerprint density at radius 1 is 1.17 bits per heavy atom. The molecule has 0 N–H and O–H groups in total. The molecule has 0 radical (unpaired) electrons. The molecule has 0 heterocycles. The second-order valence-corrected chi connectivity index (χ2v) is 11.2. The monoisotopic (exact) mass is 265 g/mol. The average Bonchev–Trinajstić information content (AvgIpc) is 2.28. The number of hydrogen-bond donors (Lipinski definition) is 0. The highest BCUT2D eigenvalue weighted by Crippen LogP contribution is 2.08. The standard InChI is InChI=1S/C15H27NOSi/c1-13(12-17-3)16(2)11-14-7-9-15(10-8-14)18(4,5)6/h7-10,13H,11-12H2,1-6H3. The minimum absolute atomic E-state index is 0.451. The lowest BCUT2D eigenvalue weighted by molar-refractivity contribution is 0.112. The second-order valence-electron chi connectivity index (χ2n) is 6.17. The zero-order valence-electron chi connectivity index (χ0n) is 12.7. The van der Waals surface area contributed by atoms with Gasteiger partial charge in [-0.1, -0.05) is 49.1 Å². The van der Waals surface area contributed by atoms with Crippen molar-refractivity contribution in [3.05, 3.63) is 29.8 Å². The predicted molar refractivity (Wildman–Crippen MR) is 82.2 cm³/mol. The lowest BCUT2D eigenvalue weighted by Gasteiger charge is -2.24. The Morgan fingerprint density at radius 3 is 2.17 bits per heavy atom. The molecule has 102 valence electrons. The fourth-order valence-electron chi connectivity index (χ4n) is 1.92. The number of hydrogen-bond acceptors (Lipinski definition) is 2. The van der Waals surface area contributed by atoms with Gasteiger partial charge in [-0.2, -0.15) is 0 Å². The van der Waals surface area contributed by atoms with Gasteiger partial charge in [-0.25, -0.2) is 0 Å². The van der Waals surface area contributed by atoms with E-state index in [9.17, 15) is 0 Å². The van der Waals surface area contributed by atoms with Crippen molar-refractivity contribution in [2.24, 2.45) is 0 Å². The fourth-order valence-corrected chi connectivity index (χ4v) is 3.09. The van der Waals surface area contributed by atoms with E-state index in [1.807, 2.05) is 0 Å². The maximum atomic E-state index is 5.19. The number of rotatable bonds is 6. The van der Waals surface area contributed by atoms with E-state index in [-0.39, 0.29) is 0 Å². The first kappa shape index (κ1) is 15.4. The number of ether oxygens (including phenoxy) is 1. The number of likely N-dealkylation sites (N-methyl/N-ethyl adjacent to an activating group) is 1. The molecule has 3 heteroatoms. The molecule has 1 aromatic rings. The highest BCUT2D eigenvalue weighted by Gasteiger charge is 2.16. The van der Waals surface area contributed by atoms with Crippen molar-refractivity contribution >= 4 is 13.3 Å². The van der Waals surface area contributed by atoms with Gasteiger partial charge in [0.15, 0.2) is 0 Å². The minimum atomic E-state index is -1.16. The molecule has 0 saturated carbocycles. The molecule has 2 nitrogen and oxygen atoms in total. The summed E-state index contributed by atoms with van der Waals surface area (Å²) in [5.41, 5.74) is 1.38. The third kappa shape index (κ3) is 4.56. The molecule has 1 unspecified atom stereocenters. The molecule has 0 bridgehead atoms. The first-order chi connectivity index (χ1) is 8.34. The van der Waals surface area contributed by atoms with Gasteiger partial charge in [-0.05, 0) is 19.5 Å². The molecule has 0 spiro atoms. The lowest BCUT2D eigenvalue weighted by Crippen LogP contribution is -2.37. The Bertz CT molecular complexity index is 356. The molecule has 0 aliphatic rings. The molecule has 1 aromatic carbocycles. The summed E-state index contributed by atoms with van der Waals surface area (Å²) in [7, 11) is 2.74. The van der Waals surface area contributed by atoms with Crippen LogP contribution >= 0.6 is 0 Å². The van der Waals surface area contributed by atoms with Crippen LogP contribution in [0, 0.1) is 0 Å². The number of methoxy groups -OCH3 is 1. The van der Waals surface area contributed by atoms with Gasteiger partial charge in [0.2, 0.25) is 0 Å². The molecular weight excluding hydrogens is 238 g/mol. The van der Waals surface area contributed by atoms with E-state index < -0.39 is 8.07 Å². The van der Waals surface area contributed by atoms with Crippen LogP contribution in [0.3, 0.4) is 0 Å². The maximum absolute atomic E-state index is 5.19. The first-order valence-corrected chi connectivity index (χ1v) is 10.1. The summed E-state index contributed by atoms with van der Waals surface area (Å²) >= 11 is 0. The molecule has 0 amide bonds. The van der Waals surface area contributed by atoms with E-state index in [0.717, 1.165) is 13.2 Å². The van der Waals surface area contributed by atoms with Crippen molar-refractivity contribution in [3.8, 4) is 0 Å². The van der Waals surface area contributed by atoms with Gasteiger partial charge in [0, 0.05) is 19.7 Å². The summed E-state index contributed by atoms with van der Waals surface area (Å²) in [4.78, 5) is 2.33. The zero-order valence-corrected chi connectivity index (χ0v) is 13.7. The van der Waals surface area contributed by atoms with Crippen LogP contribution in [0.5, 0.6) is 0 Å². The molecule has 0 saturated heterocycles. The summed E-state index contributed by atoms with van der Waals surface area (Å²) in [6, 6.07) is 9.59. The van der Waals surface area contributed by atoms with E-state index in [4.69, 9.17) is 4.74 Å². The lowest BCUT2D eigenvalue weighted by atomic mass is 10.2. The van der Waals surface area contributed by atoms with E-state index in [2.05, 4.69) is 62.8 Å². The van der Waals surface area contributed by atoms with Crippen LogP contribution in [-0.4, -0.2) is 39.8 Å². The summed E-state index contributed by atoms with van der Waals surface area (Å²) in [6.07, 6.45) is 0. The predicted octanol–water partition coefficient (Wildman–Crippen LogP) is 2.70. The van der Waals surface area contributed by atoms with Crippen molar-refractivity contribution in [1.29, 1.82) is 0 Å². The van der Waals surface area contributed by atoms with Crippen molar-refractivity contribution in [2.45, 2.75) is 39.2 Å². The van der Waals surface area contributed by atoms with Gasteiger partial charge >= 0.3 is 0 Å². The van der Waals surface area contributed by atoms with Crippen molar-refractivity contribution < 1.29 is 4.74 Å². The molecule has 1 rings (SSSR count). The molecule has 0 fully saturated rings. The van der Waals surface area contributed by atoms with Gasteiger partial charge in [0.1, 0.15) is 0 Å².